The summed E-state index contributed by atoms with van der Waals surface area (Å²) in [7, 11) is 0. The second-order valence-corrected chi connectivity index (χ2v) is 7.38. The smallest absolute Gasteiger partial charge is 0.311 e. The van der Waals surface area contributed by atoms with Crippen LogP contribution in [0.1, 0.15) is 12.2 Å². The number of carbonyl (C=O) groups is 3. The Hall–Kier alpha value is -2.88. The molecule has 0 spiro atoms. The molecule has 0 unspecified atom stereocenters. The van der Waals surface area contributed by atoms with Crippen molar-refractivity contribution in [2.45, 2.75) is 23.6 Å². The number of anilines is 1. The Morgan fingerprint density at radius 2 is 2.03 bits per heavy atom. The molecule has 1 fully saturated rings. The van der Waals surface area contributed by atoms with E-state index >= 15 is 0 Å². The number of likely N-dealkylation sites (tertiary alicyclic amines) is 1. The van der Waals surface area contributed by atoms with Crippen molar-refractivity contribution >= 4 is 35.2 Å². The van der Waals surface area contributed by atoms with Gasteiger partial charge in [-0.05, 0) is 36.4 Å². The van der Waals surface area contributed by atoms with Crippen LogP contribution in [0.5, 0.6) is 0 Å². The van der Waals surface area contributed by atoms with Gasteiger partial charge in [0.2, 0.25) is 5.91 Å². The molecule has 1 aromatic heterocycles. The molecular weight excluding hydrogens is 406 g/mol. The molecule has 1 aliphatic heterocycles. The maximum atomic E-state index is 12.3. The molecule has 7 nitrogen and oxygen atoms in total. The second-order valence-electron chi connectivity index (χ2n) is 6.31. The molecule has 1 saturated heterocycles. The molecule has 2 amide bonds. The summed E-state index contributed by atoms with van der Waals surface area (Å²) in [5.41, 5.74) is 0.394. The molecule has 2 heterocycles. The van der Waals surface area contributed by atoms with Crippen LogP contribution in [0.3, 0.4) is 0 Å². The van der Waals surface area contributed by atoms with Gasteiger partial charge in [0.15, 0.2) is 6.61 Å². The second kappa shape index (κ2) is 9.55. The summed E-state index contributed by atoms with van der Waals surface area (Å²) in [4.78, 5) is 38.0. The quantitative estimate of drug-likeness (QED) is 0.517. The zero-order chi connectivity index (χ0) is 20.8. The number of benzene rings is 1. The average Bonchev–Trinajstić information content (AvgIpc) is 3.31. The van der Waals surface area contributed by atoms with Crippen molar-refractivity contribution in [1.82, 2.24) is 4.90 Å². The van der Waals surface area contributed by atoms with Gasteiger partial charge < -0.3 is 19.4 Å². The van der Waals surface area contributed by atoms with E-state index in [0.717, 1.165) is 0 Å². The standard InChI is InChI=1S/C19H18F2N2O5S/c20-19(21)29-15-5-3-13(4-6-15)22-16(24)11-28-18(26)12-8-17(25)23(9-12)10-14-2-1-7-27-14/h1-7,12,19H,8-11H2,(H,22,24)/t12-/m1/s1. The number of esters is 1. The van der Waals surface area contributed by atoms with Crippen LogP contribution in [-0.4, -0.2) is 41.6 Å². The number of alkyl halides is 2. The topological polar surface area (TPSA) is 88.9 Å². The van der Waals surface area contributed by atoms with Gasteiger partial charge in [0.05, 0.1) is 18.7 Å². The number of carbonyl (C=O) groups excluding carboxylic acids is 3. The molecule has 1 N–H and O–H groups in total. The van der Waals surface area contributed by atoms with Gasteiger partial charge in [-0.3, -0.25) is 14.4 Å². The number of rotatable bonds is 8. The van der Waals surface area contributed by atoms with E-state index in [2.05, 4.69) is 5.32 Å². The predicted octanol–water partition coefficient (Wildman–Crippen LogP) is 3.12. The zero-order valence-electron chi connectivity index (χ0n) is 15.2. The van der Waals surface area contributed by atoms with Gasteiger partial charge in [-0.1, -0.05) is 11.8 Å². The minimum Gasteiger partial charge on any atom is -0.467 e. The summed E-state index contributed by atoms with van der Waals surface area (Å²) in [6.07, 6.45) is 1.52. The fourth-order valence-corrected chi connectivity index (χ4v) is 3.34. The van der Waals surface area contributed by atoms with E-state index in [1.807, 2.05) is 0 Å². The normalized spacial score (nSPS) is 16.3. The Kier molecular flexibility index (Phi) is 6.86. The minimum absolute atomic E-state index is 0.0183. The van der Waals surface area contributed by atoms with E-state index in [4.69, 9.17) is 9.15 Å². The Bertz CT molecular complexity index is 858. The highest BCUT2D eigenvalue weighted by Gasteiger charge is 2.35. The molecule has 2 aromatic rings. The number of furan rings is 1. The van der Waals surface area contributed by atoms with E-state index < -0.39 is 30.2 Å². The zero-order valence-corrected chi connectivity index (χ0v) is 16.0. The molecule has 1 aliphatic rings. The molecule has 0 saturated carbocycles. The number of hydrogen-bond donors (Lipinski definition) is 1. The van der Waals surface area contributed by atoms with Crippen molar-refractivity contribution in [3.05, 3.63) is 48.4 Å². The van der Waals surface area contributed by atoms with Crippen LogP contribution in [0.4, 0.5) is 14.5 Å². The lowest BCUT2D eigenvalue weighted by Crippen LogP contribution is -2.28. The number of hydrogen-bond acceptors (Lipinski definition) is 6. The van der Waals surface area contributed by atoms with Crippen molar-refractivity contribution in [3.63, 3.8) is 0 Å². The number of nitrogens with zero attached hydrogens (tertiary/aromatic N) is 1. The van der Waals surface area contributed by atoms with Crippen molar-refractivity contribution < 1.29 is 32.3 Å². The average molecular weight is 424 g/mol. The van der Waals surface area contributed by atoms with Crippen LogP contribution in [0.2, 0.25) is 0 Å². The highest BCUT2D eigenvalue weighted by molar-refractivity contribution is 7.99. The summed E-state index contributed by atoms with van der Waals surface area (Å²) in [5, 5.41) is 2.51. The van der Waals surface area contributed by atoms with E-state index in [9.17, 15) is 23.2 Å². The lowest BCUT2D eigenvalue weighted by molar-refractivity contribution is -0.151. The predicted molar refractivity (Wildman–Crippen MR) is 100 cm³/mol. The minimum atomic E-state index is -2.52. The van der Waals surface area contributed by atoms with Crippen molar-refractivity contribution in [2.75, 3.05) is 18.5 Å². The summed E-state index contributed by atoms with van der Waals surface area (Å²) >= 11 is 0.403. The fraction of sp³-hybridized carbons (Fsp3) is 0.316. The van der Waals surface area contributed by atoms with Crippen LogP contribution < -0.4 is 5.32 Å². The van der Waals surface area contributed by atoms with Gasteiger partial charge in [-0.15, -0.1) is 0 Å². The maximum Gasteiger partial charge on any atom is 0.311 e. The van der Waals surface area contributed by atoms with Crippen LogP contribution in [0.15, 0.2) is 52.0 Å². The van der Waals surface area contributed by atoms with Gasteiger partial charge in [0.25, 0.3) is 11.7 Å². The molecule has 10 heteroatoms. The van der Waals surface area contributed by atoms with E-state index in [-0.39, 0.29) is 25.4 Å². The van der Waals surface area contributed by atoms with Gasteiger partial charge in [-0.2, -0.15) is 8.78 Å². The van der Waals surface area contributed by atoms with E-state index in [1.165, 1.54) is 35.4 Å². The Morgan fingerprint density at radius 3 is 2.69 bits per heavy atom. The highest BCUT2D eigenvalue weighted by atomic mass is 32.2. The van der Waals surface area contributed by atoms with Crippen LogP contribution in [0, 0.1) is 5.92 Å². The number of nitrogens with one attached hydrogen (secondary N) is 1. The Balaban J connectivity index is 1.43. The lowest BCUT2D eigenvalue weighted by atomic mass is 10.1. The SMILES string of the molecule is O=C(COC(=O)[C@@H]1CC(=O)N(Cc2ccco2)C1)Nc1ccc(SC(F)F)cc1. The van der Waals surface area contributed by atoms with E-state index in [0.29, 0.717) is 28.1 Å². The summed E-state index contributed by atoms with van der Waals surface area (Å²) in [5.74, 6) is -3.92. The van der Waals surface area contributed by atoms with Crippen LogP contribution >= 0.6 is 11.8 Å². The number of ether oxygens (including phenoxy) is 1. The lowest BCUT2D eigenvalue weighted by Gasteiger charge is -2.14. The van der Waals surface area contributed by atoms with Crippen molar-refractivity contribution in [3.8, 4) is 0 Å². The summed E-state index contributed by atoms with van der Waals surface area (Å²) in [6, 6.07) is 9.32. The van der Waals surface area contributed by atoms with Gasteiger partial charge in [0, 0.05) is 23.5 Å². The molecule has 3 rings (SSSR count). The first-order valence-electron chi connectivity index (χ1n) is 8.72. The van der Waals surface area contributed by atoms with Gasteiger partial charge >= 0.3 is 5.97 Å². The number of thioether (sulfide) groups is 1. The third kappa shape index (κ3) is 6.05. The van der Waals surface area contributed by atoms with E-state index in [1.54, 1.807) is 12.1 Å². The summed E-state index contributed by atoms with van der Waals surface area (Å²) in [6.45, 7) is -0.0333. The Labute approximate surface area is 169 Å². The Morgan fingerprint density at radius 1 is 1.28 bits per heavy atom. The van der Waals surface area contributed by atoms with Crippen LogP contribution in [0.25, 0.3) is 0 Å². The van der Waals surface area contributed by atoms with Crippen LogP contribution in [-0.2, 0) is 25.7 Å². The van der Waals surface area contributed by atoms with Gasteiger partial charge in [0.1, 0.15) is 5.76 Å². The molecule has 0 bridgehead atoms. The largest absolute Gasteiger partial charge is 0.467 e. The molecule has 0 aliphatic carbocycles. The molecule has 0 radical (unpaired) electrons. The monoisotopic (exact) mass is 424 g/mol. The maximum absolute atomic E-state index is 12.3. The van der Waals surface area contributed by atoms with Crippen molar-refractivity contribution in [1.29, 1.82) is 0 Å². The van der Waals surface area contributed by atoms with Crippen molar-refractivity contribution in [2.24, 2.45) is 5.92 Å². The molecule has 1 atom stereocenters. The third-order valence-electron chi connectivity index (χ3n) is 4.18. The highest BCUT2D eigenvalue weighted by Crippen LogP contribution is 2.26. The first kappa shape index (κ1) is 20.8. The molecule has 1 aromatic carbocycles. The summed E-state index contributed by atoms with van der Waals surface area (Å²) < 4.78 is 34.8. The fourth-order valence-electron chi connectivity index (χ4n) is 2.84. The molecule has 154 valence electrons. The molecule has 29 heavy (non-hydrogen) atoms. The number of halogens is 2. The van der Waals surface area contributed by atoms with Gasteiger partial charge in [-0.25, -0.2) is 0 Å². The first-order valence-corrected chi connectivity index (χ1v) is 9.60. The number of amides is 2. The molecular formula is C19H18F2N2O5S. The third-order valence-corrected chi connectivity index (χ3v) is 4.91. The first-order chi connectivity index (χ1) is 13.9.